The number of methoxy groups -OCH3 is 3. The summed E-state index contributed by atoms with van der Waals surface area (Å²) in [6.45, 7) is 0.124. The highest BCUT2D eigenvalue weighted by Crippen LogP contribution is 2.41. The Morgan fingerprint density at radius 1 is 1.00 bits per heavy atom. The summed E-state index contributed by atoms with van der Waals surface area (Å²) in [5.41, 5.74) is 2.63. The molecular weight excluding hydrogens is 534 g/mol. The molecule has 1 fully saturated rings. The van der Waals surface area contributed by atoms with Gasteiger partial charge in [0.1, 0.15) is 11.8 Å². The Balaban J connectivity index is 1.52. The number of furan rings is 1. The third-order valence-corrected chi connectivity index (χ3v) is 8.02. The molecular formula is C33H39N3O6. The topological polar surface area (TPSA) is 106 Å². The molecule has 0 bridgehead atoms. The van der Waals surface area contributed by atoms with E-state index in [-0.39, 0.29) is 30.8 Å². The molecule has 1 aliphatic rings. The van der Waals surface area contributed by atoms with Gasteiger partial charge in [0.25, 0.3) is 0 Å². The normalized spacial score (nSPS) is 14.4. The first-order chi connectivity index (χ1) is 20.5. The first kappa shape index (κ1) is 29.1. The van der Waals surface area contributed by atoms with Crippen molar-refractivity contribution in [3.8, 4) is 17.2 Å². The lowest BCUT2D eigenvalue weighted by Crippen LogP contribution is -2.46. The number of amides is 2. The van der Waals surface area contributed by atoms with Crippen molar-refractivity contribution in [1.29, 1.82) is 0 Å². The molecule has 2 aromatic heterocycles. The lowest BCUT2D eigenvalue weighted by atomic mass is 9.94. The summed E-state index contributed by atoms with van der Waals surface area (Å²) in [5.74, 6) is 1.40. The van der Waals surface area contributed by atoms with Crippen molar-refractivity contribution in [2.24, 2.45) is 0 Å². The fourth-order valence-electron chi connectivity index (χ4n) is 5.88. The van der Waals surface area contributed by atoms with Gasteiger partial charge in [0.05, 0.1) is 34.1 Å². The lowest BCUT2D eigenvalue weighted by Gasteiger charge is -2.33. The van der Waals surface area contributed by atoms with Crippen LogP contribution in [0.4, 0.5) is 0 Å². The molecule has 0 unspecified atom stereocenters. The molecule has 1 atom stereocenters. The summed E-state index contributed by atoms with van der Waals surface area (Å²) >= 11 is 0. The van der Waals surface area contributed by atoms with Gasteiger partial charge >= 0.3 is 0 Å². The molecule has 1 aliphatic carbocycles. The van der Waals surface area contributed by atoms with Crippen molar-refractivity contribution in [3.05, 3.63) is 77.9 Å². The van der Waals surface area contributed by atoms with Gasteiger partial charge in [-0.05, 0) is 60.7 Å². The van der Waals surface area contributed by atoms with Crippen LogP contribution < -0.4 is 19.5 Å². The Kier molecular flexibility index (Phi) is 9.36. The van der Waals surface area contributed by atoms with E-state index in [0.29, 0.717) is 35.0 Å². The van der Waals surface area contributed by atoms with Gasteiger partial charge < -0.3 is 33.8 Å². The highest BCUT2D eigenvalue weighted by Gasteiger charge is 2.35. The molecule has 0 radical (unpaired) electrons. The number of aryl methyl sites for hydroxylation is 1. The predicted octanol–water partition coefficient (Wildman–Crippen LogP) is 5.94. The summed E-state index contributed by atoms with van der Waals surface area (Å²) in [4.78, 5) is 33.2. The van der Waals surface area contributed by atoms with Gasteiger partial charge in [-0.15, -0.1) is 0 Å². The van der Waals surface area contributed by atoms with E-state index in [2.05, 4.69) is 10.3 Å². The summed E-state index contributed by atoms with van der Waals surface area (Å²) in [7, 11) is 4.60. The number of carbonyl (C=O) groups excluding carboxylic acids is 2. The standard InChI is InChI=1S/C33H39N3O6/c1-39-28-18-23(19-29(40-2)32(28)41-3)31(33(38)35-24-10-5-4-6-11-24)36(21-25-12-9-17-42-25)30(37)16-15-22-20-34-27-14-8-7-13-26(22)27/h7-9,12-14,17-20,24,31,34H,4-6,10-11,15-16,21H2,1-3H3,(H,35,38)/t31-/m1/s1. The van der Waals surface area contributed by atoms with Crippen LogP contribution in [0.1, 0.15) is 61.5 Å². The number of fused-ring (bicyclic) bond motifs is 1. The number of hydrogen-bond acceptors (Lipinski definition) is 6. The number of H-pyrrole nitrogens is 1. The van der Waals surface area contributed by atoms with E-state index in [0.717, 1.165) is 42.1 Å². The zero-order valence-corrected chi connectivity index (χ0v) is 24.5. The Bertz CT molecular complexity index is 1460. The minimum Gasteiger partial charge on any atom is -0.493 e. The van der Waals surface area contributed by atoms with E-state index >= 15 is 0 Å². The number of nitrogens with one attached hydrogen (secondary N) is 2. The molecule has 2 aromatic carbocycles. The maximum absolute atomic E-state index is 14.2. The van der Waals surface area contributed by atoms with Crippen LogP contribution in [0.2, 0.25) is 0 Å². The number of aromatic nitrogens is 1. The lowest BCUT2D eigenvalue weighted by molar-refractivity contribution is -0.142. The van der Waals surface area contributed by atoms with Crippen LogP contribution in [-0.2, 0) is 22.6 Å². The van der Waals surface area contributed by atoms with Crippen molar-refractivity contribution in [3.63, 3.8) is 0 Å². The molecule has 0 spiro atoms. The zero-order chi connectivity index (χ0) is 29.5. The van der Waals surface area contributed by atoms with E-state index in [9.17, 15) is 9.59 Å². The van der Waals surface area contributed by atoms with Gasteiger partial charge in [-0.25, -0.2) is 0 Å². The van der Waals surface area contributed by atoms with Crippen LogP contribution in [0.25, 0.3) is 10.9 Å². The van der Waals surface area contributed by atoms with Crippen LogP contribution in [-0.4, -0.2) is 49.1 Å². The van der Waals surface area contributed by atoms with Crippen molar-refractivity contribution >= 4 is 22.7 Å². The van der Waals surface area contributed by atoms with Crippen molar-refractivity contribution in [1.82, 2.24) is 15.2 Å². The Hall–Kier alpha value is -4.40. The summed E-state index contributed by atoms with van der Waals surface area (Å²) in [6.07, 6.45) is 9.38. The van der Waals surface area contributed by atoms with Gasteiger partial charge in [0, 0.05) is 29.6 Å². The minimum atomic E-state index is -0.957. The molecule has 2 amide bonds. The number of aromatic amines is 1. The maximum atomic E-state index is 14.2. The van der Waals surface area contributed by atoms with Gasteiger partial charge in [-0.2, -0.15) is 0 Å². The quantitative estimate of drug-likeness (QED) is 0.217. The maximum Gasteiger partial charge on any atom is 0.247 e. The molecule has 2 heterocycles. The zero-order valence-electron chi connectivity index (χ0n) is 24.5. The number of hydrogen-bond donors (Lipinski definition) is 2. The fraction of sp³-hybridized carbons (Fsp3) is 0.394. The predicted molar refractivity (Wildman–Crippen MR) is 160 cm³/mol. The molecule has 2 N–H and O–H groups in total. The summed E-state index contributed by atoms with van der Waals surface area (Å²) in [5, 5.41) is 4.33. The van der Waals surface area contributed by atoms with Crippen LogP contribution in [0.5, 0.6) is 17.2 Å². The number of benzene rings is 2. The number of rotatable bonds is 12. The molecule has 0 aliphatic heterocycles. The highest BCUT2D eigenvalue weighted by molar-refractivity contribution is 5.90. The molecule has 0 saturated heterocycles. The SMILES string of the molecule is COc1cc([C@H](C(=O)NC2CCCCC2)N(Cc2ccco2)C(=O)CCc2c[nH]c3ccccc23)cc(OC)c1OC. The monoisotopic (exact) mass is 573 g/mol. The number of para-hydroxylation sites is 1. The molecule has 222 valence electrons. The summed E-state index contributed by atoms with van der Waals surface area (Å²) < 4.78 is 22.4. The second kappa shape index (κ2) is 13.5. The molecule has 1 saturated carbocycles. The summed E-state index contributed by atoms with van der Waals surface area (Å²) in [6, 6.07) is 14.2. The molecule has 9 heteroatoms. The number of nitrogens with zero attached hydrogens (tertiary/aromatic N) is 1. The second-order valence-corrected chi connectivity index (χ2v) is 10.7. The number of ether oxygens (including phenoxy) is 3. The largest absolute Gasteiger partial charge is 0.493 e. The minimum absolute atomic E-state index is 0.0579. The van der Waals surface area contributed by atoms with Crippen molar-refractivity contribution in [2.75, 3.05) is 21.3 Å². The molecule has 4 aromatic rings. The van der Waals surface area contributed by atoms with Crippen LogP contribution in [0, 0.1) is 0 Å². The molecule has 9 nitrogen and oxygen atoms in total. The third-order valence-electron chi connectivity index (χ3n) is 8.02. The average Bonchev–Trinajstić information content (AvgIpc) is 3.69. The van der Waals surface area contributed by atoms with Crippen molar-refractivity contribution < 1.29 is 28.2 Å². The van der Waals surface area contributed by atoms with E-state index in [1.54, 1.807) is 29.4 Å². The second-order valence-electron chi connectivity index (χ2n) is 10.7. The third kappa shape index (κ3) is 6.40. The highest BCUT2D eigenvalue weighted by atomic mass is 16.5. The average molecular weight is 574 g/mol. The van der Waals surface area contributed by atoms with E-state index in [1.165, 1.54) is 27.8 Å². The number of carbonyl (C=O) groups is 2. The Morgan fingerprint density at radius 3 is 2.40 bits per heavy atom. The van der Waals surface area contributed by atoms with Crippen LogP contribution >= 0.6 is 0 Å². The first-order valence-corrected chi connectivity index (χ1v) is 14.5. The van der Waals surface area contributed by atoms with Crippen LogP contribution in [0.15, 0.2) is 65.4 Å². The van der Waals surface area contributed by atoms with E-state index < -0.39 is 6.04 Å². The molecule has 42 heavy (non-hydrogen) atoms. The van der Waals surface area contributed by atoms with Crippen molar-refractivity contribution in [2.45, 2.75) is 63.6 Å². The smallest absolute Gasteiger partial charge is 0.247 e. The van der Waals surface area contributed by atoms with Gasteiger partial charge in [0.2, 0.25) is 17.6 Å². The molecule has 5 rings (SSSR count). The van der Waals surface area contributed by atoms with Crippen LogP contribution in [0.3, 0.4) is 0 Å². The Labute approximate surface area is 246 Å². The van der Waals surface area contributed by atoms with Gasteiger partial charge in [-0.3, -0.25) is 9.59 Å². The first-order valence-electron chi connectivity index (χ1n) is 14.5. The van der Waals surface area contributed by atoms with Gasteiger partial charge in [0.15, 0.2) is 11.5 Å². The van der Waals surface area contributed by atoms with E-state index in [1.807, 2.05) is 36.5 Å². The van der Waals surface area contributed by atoms with E-state index in [4.69, 9.17) is 18.6 Å². The van der Waals surface area contributed by atoms with Gasteiger partial charge in [-0.1, -0.05) is 37.5 Å². The fourth-order valence-corrected chi connectivity index (χ4v) is 5.88. The Morgan fingerprint density at radius 2 is 1.74 bits per heavy atom.